The van der Waals surface area contributed by atoms with Crippen molar-refractivity contribution >= 4 is 4.02 Å². The molecule has 1 saturated carbocycles. The summed E-state index contributed by atoms with van der Waals surface area (Å²) in [5.41, 5.74) is 0.454. The van der Waals surface area contributed by atoms with Crippen molar-refractivity contribution in [1.29, 1.82) is 0 Å². The number of hydrogen-bond donors (Lipinski definition) is 0. The van der Waals surface area contributed by atoms with Crippen LogP contribution in [0.3, 0.4) is 0 Å². The maximum absolute atomic E-state index is 4.87. The van der Waals surface area contributed by atoms with E-state index in [0.29, 0.717) is 5.54 Å². The number of nitrogens with zero attached hydrogens (tertiary/aromatic N) is 1. The Bertz CT molecular complexity index is 175. The van der Waals surface area contributed by atoms with Crippen LogP contribution in [0.1, 0.15) is 44.9 Å². The van der Waals surface area contributed by atoms with Crippen LogP contribution in [0.15, 0.2) is 0 Å². The summed E-state index contributed by atoms with van der Waals surface area (Å²) in [7, 11) is 0. The second kappa shape index (κ2) is 4.88. The Balaban J connectivity index is 0.000000720. The van der Waals surface area contributed by atoms with Crippen molar-refractivity contribution in [3.8, 4) is 0 Å². The van der Waals surface area contributed by atoms with Crippen LogP contribution in [0.25, 0.3) is 5.32 Å². The van der Waals surface area contributed by atoms with Gasteiger partial charge in [0.05, 0.1) is 0 Å². The Labute approximate surface area is 109 Å². The molecule has 0 aromatic rings. The monoisotopic (exact) mass is 558 g/mol. The molecule has 1 aliphatic carbocycles. The SMILES string of the molecule is [U].[W]=[C]1CCCC2(CCCC2)[N-]1. The zero-order chi connectivity index (χ0) is 7.73. The first-order valence-electron chi connectivity index (χ1n) is 4.57. The maximum atomic E-state index is 4.87. The molecule has 0 aromatic heterocycles. The summed E-state index contributed by atoms with van der Waals surface area (Å²) in [6, 6.07) is 0. The molecule has 0 N–H and O–H groups in total. The minimum absolute atomic E-state index is 0. The van der Waals surface area contributed by atoms with Gasteiger partial charge in [-0.2, -0.15) is 0 Å². The van der Waals surface area contributed by atoms with Gasteiger partial charge in [-0.1, -0.05) is 0 Å². The molecule has 1 nitrogen and oxygen atoms in total. The fourth-order valence-corrected chi connectivity index (χ4v) is 3.55. The summed E-state index contributed by atoms with van der Waals surface area (Å²) in [5.74, 6) is 0. The van der Waals surface area contributed by atoms with Crippen LogP contribution in [0.2, 0.25) is 0 Å². The summed E-state index contributed by atoms with van der Waals surface area (Å²) < 4.78 is 1.48. The van der Waals surface area contributed by atoms with Gasteiger partial charge in [0.2, 0.25) is 0 Å². The minimum atomic E-state index is 0. The van der Waals surface area contributed by atoms with Crippen LogP contribution in [0.5, 0.6) is 0 Å². The van der Waals surface area contributed by atoms with Gasteiger partial charge >= 0.3 is 79.2 Å². The molecule has 1 saturated heterocycles. The molecule has 0 aromatic carbocycles. The molecule has 0 bridgehead atoms. The summed E-state index contributed by atoms with van der Waals surface area (Å²) in [5, 5.41) is 4.87. The molecular formula is C9H14NUW-. The first-order chi connectivity index (χ1) is 5.31. The predicted molar refractivity (Wildman–Crippen MR) is 43.4 cm³/mol. The Morgan fingerprint density at radius 1 is 1.08 bits per heavy atom. The van der Waals surface area contributed by atoms with Gasteiger partial charge < -0.3 is 0 Å². The summed E-state index contributed by atoms with van der Waals surface area (Å²) in [4.78, 5) is 0. The summed E-state index contributed by atoms with van der Waals surface area (Å²) in [6.45, 7) is 0. The van der Waals surface area contributed by atoms with E-state index in [2.05, 4.69) is 0 Å². The van der Waals surface area contributed by atoms with Crippen molar-refractivity contribution in [2.24, 2.45) is 0 Å². The molecule has 0 unspecified atom stereocenters. The molecule has 1 heterocycles. The third-order valence-electron chi connectivity index (χ3n) is 2.93. The molecule has 3 heteroatoms. The van der Waals surface area contributed by atoms with Crippen molar-refractivity contribution in [2.45, 2.75) is 50.5 Å². The van der Waals surface area contributed by atoms with Gasteiger partial charge in [-0.25, -0.2) is 0 Å². The van der Waals surface area contributed by atoms with Crippen molar-refractivity contribution in [1.82, 2.24) is 0 Å². The fraction of sp³-hybridized carbons (Fsp3) is 0.889. The molecule has 2 rings (SSSR count). The number of rotatable bonds is 0. The van der Waals surface area contributed by atoms with Gasteiger partial charge in [0, 0.05) is 31.1 Å². The third-order valence-corrected chi connectivity index (χ3v) is 3.99. The van der Waals surface area contributed by atoms with Crippen LogP contribution in [-0.4, -0.2) is 9.56 Å². The van der Waals surface area contributed by atoms with Crippen molar-refractivity contribution in [2.75, 3.05) is 0 Å². The zero-order valence-electron chi connectivity index (χ0n) is 7.31. The van der Waals surface area contributed by atoms with E-state index >= 15 is 0 Å². The second-order valence-corrected chi connectivity index (χ2v) is 5.48. The average Bonchev–Trinajstić information content (AvgIpc) is 2.37. The van der Waals surface area contributed by atoms with Crippen LogP contribution in [0.4, 0.5) is 0 Å². The second-order valence-electron chi connectivity index (χ2n) is 3.79. The summed E-state index contributed by atoms with van der Waals surface area (Å²) >= 11 is 1.60. The van der Waals surface area contributed by atoms with E-state index in [0.717, 1.165) is 0 Å². The average molecular weight is 558 g/mol. The molecule has 0 radical (unpaired) electrons. The fourth-order valence-electron chi connectivity index (χ4n) is 2.34. The van der Waals surface area contributed by atoms with E-state index in [1.807, 2.05) is 0 Å². The third kappa shape index (κ3) is 2.54. The molecule has 1 aliphatic heterocycles. The zero-order valence-corrected chi connectivity index (χ0v) is 14.4. The van der Waals surface area contributed by atoms with E-state index in [9.17, 15) is 0 Å². The van der Waals surface area contributed by atoms with E-state index < -0.39 is 0 Å². The first-order valence-corrected chi connectivity index (χ1v) is 6.03. The normalized spacial score (nSPS) is 27.2. The van der Waals surface area contributed by atoms with E-state index in [1.54, 1.807) is 19.4 Å². The molecule has 2 fully saturated rings. The van der Waals surface area contributed by atoms with Crippen LogP contribution in [-0.2, 0) is 19.4 Å². The van der Waals surface area contributed by atoms with E-state index in [4.69, 9.17) is 5.32 Å². The number of piperidine rings is 1. The van der Waals surface area contributed by atoms with Gasteiger partial charge in [0.1, 0.15) is 0 Å². The van der Waals surface area contributed by atoms with Crippen molar-refractivity contribution in [3.63, 3.8) is 0 Å². The topological polar surface area (TPSA) is 14.1 Å². The van der Waals surface area contributed by atoms with Gasteiger partial charge in [0.15, 0.2) is 0 Å². The Hall–Kier alpha value is 1.57. The van der Waals surface area contributed by atoms with Crippen LogP contribution in [0, 0.1) is 31.1 Å². The molecule has 12 heavy (non-hydrogen) atoms. The van der Waals surface area contributed by atoms with Gasteiger partial charge in [-0.05, 0) is 0 Å². The van der Waals surface area contributed by atoms with Gasteiger partial charge in [-0.15, -0.1) is 0 Å². The summed E-state index contributed by atoms with van der Waals surface area (Å²) in [6.07, 6.45) is 9.68. The number of hydrogen-bond acceptors (Lipinski definition) is 0. The molecular weight excluding hydrogens is 544 g/mol. The van der Waals surface area contributed by atoms with E-state index in [-0.39, 0.29) is 31.1 Å². The van der Waals surface area contributed by atoms with Crippen molar-refractivity contribution in [3.05, 3.63) is 5.32 Å². The molecule has 66 valence electrons. The quantitative estimate of drug-likeness (QED) is 0.435. The molecule has 0 amide bonds. The predicted octanol–water partition coefficient (Wildman–Crippen LogP) is 2.53. The molecule has 0 atom stereocenters. The van der Waals surface area contributed by atoms with E-state index in [1.165, 1.54) is 49.0 Å². The van der Waals surface area contributed by atoms with Gasteiger partial charge in [-0.3, -0.25) is 0 Å². The van der Waals surface area contributed by atoms with Gasteiger partial charge in [0.25, 0.3) is 0 Å². The van der Waals surface area contributed by atoms with Crippen LogP contribution >= 0.6 is 0 Å². The van der Waals surface area contributed by atoms with Crippen molar-refractivity contribution < 1.29 is 50.5 Å². The molecule has 1 spiro atoms. The first kappa shape index (κ1) is 11.6. The Kier molecular flexibility index (Phi) is 4.73. The molecule has 2 aliphatic rings. The Morgan fingerprint density at radius 3 is 2.25 bits per heavy atom. The standard InChI is InChI=1S/C9H14N.U.W/c1-2-6-9(5-1)7-3-4-8-10-9;;/h1-7H2;;/q-1;;. The Morgan fingerprint density at radius 2 is 1.67 bits per heavy atom. The van der Waals surface area contributed by atoms with Crippen LogP contribution < -0.4 is 0 Å².